The second kappa shape index (κ2) is 27.5. The fourth-order valence-electron chi connectivity index (χ4n) is 8.19. The molecule has 0 radical (unpaired) electrons. The number of amides is 1. The quantitative estimate of drug-likeness (QED) is 0.0254. The van der Waals surface area contributed by atoms with Gasteiger partial charge in [-0.2, -0.15) is 0 Å². The largest absolute Gasteiger partial charge is 0.508 e. The van der Waals surface area contributed by atoms with Gasteiger partial charge in [-0.25, -0.2) is 0 Å². The SMILES string of the molecule is Nc1cc(C(O)CN(CCc2ccc(O)cc2)Cc2ccccc2)ccc1OCc1ccccc1.O=CNc1cc(C(O)CN(CCc2ccc(O)cc2)Cc2ccccc2)ccc1OCc1ccccc1. The number of rotatable bonds is 24. The van der Waals surface area contributed by atoms with E-state index in [1.807, 2.05) is 140 Å². The summed E-state index contributed by atoms with van der Waals surface area (Å²) in [6, 6.07) is 65.5. The minimum Gasteiger partial charge on any atom is -0.508 e. The summed E-state index contributed by atoms with van der Waals surface area (Å²) >= 11 is 0. The zero-order valence-corrected chi connectivity index (χ0v) is 40.4. The van der Waals surface area contributed by atoms with E-state index in [1.54, 1.807) is 42.5 Å². The molecular weight excluding hydrogens is 901 g/mol. The van der Waals surface area contributed by atoms with E-state index in [2.05, 4.69) is 39.4 Å². The molecule has 0 saturated carbocycles. The average Bonchev–Trinajstić information content (AvgIpc) is 3.41. The van der Waals surface area contributed by atoms with E-state index in [9.17, 15) is 25.2 Å². The fourth-order valence-corrected chi connectivity index (χ4v) is 8.19. The van der Waals surface area contributed by atoms with Gasteiger partial charge in [-0.05, 0) is 106 Å². The number of carbonyl (C=O) groups is 1. The van der Waals surface area contributed by atoms with Gasteiger partial charge < -0.3 is 41.0 Å². The van der Waals surface area contributed by atoms with Gasteiger partial charge >= 0.3 is 0 Å². The van der Waals surface area contributed by atoms with Crippen molar-refractivity contribution in [3.8, 4) is 23.0 Å². The number of carbonyl (C=O) groups excluding carboxylic acids is 1. The van der Waals surface area contributed by atoms with Crippen molar-refractivity contribution in [1.82, 2.24) is 9.80 Å². The molecule has 1 amide bonds. The molecule has 0 fully saturated rings. The first kappa shape index (κ1) is 51.9. The number of hydrogen-bond donors (Lipinski definition) is 6. The first-order valence-corrected chi connectivity index (χ1v) is 24.2. The molecule has 7 N–H and O–H groups in total. The van der Waals surface area contributed by atoms with Crippen molar-refractivity contribution < 1.29 is 34.7 Å². The van der Waals surface area contributed by atoms with Gasteiger partial charge in [-0.1, -0.05) is 158 Å². The first-order chi connectivity index (χ1) is 35.2. The second-order valence-corrected chi connectivity index (χ2v) is 17.7. The van der Waals surface area contributed by atoms with Crippen LogP contribution >= 0.6 is 0 Å². The molecule has 0 bridgehead atoms. The molecule has 0 aromatic heterocycles. The molecule has 0 aliphatic rings. The summed E-state index contributed by atoms with van der Waals surface area (Å²) in [7, 11) is 0. The van der Waals surface area contributed by atoms with Gasteiger partial charge in [-0.3, -0.25) is 14.6 Å². The lowest BCUT2D eigenvalue weighted by Crippen LogP contribution is -2.30. The fraction of sp³-hybridized carbons (Fsp3) is 0.197. The molecule has 11 heteroatoms. The Balaban J connectivity index is 0.000000212. The molecule has 2 unspecified atom stereocenters. The summed E-state index contributed by atoms with van der Waals surface area (Å²) in [5, 5.41) is 44.0. The van der Waals surface area contributed by atoms with Gasteiger partial charge in [0.05, 0.1) is 23.6 Å². The van der Waals surface area contributed by atoms with Crippen molar-refractivity contribution in [2.75, 3.05) is 37.2 Å². The van der Waals surface area contributed by atoms with Gasteiger partial charge in [0.2, 0.25) is 6.41 Å². The number of aromatic hydroxyl groups is 2. The lowest BCUT2D eigenvalue weighted by Gasteiger charge is -2.26. The third-order valence-corrected chi connectivity index (χ3v) is 12.2. The van der Waals surface area contributed by atoms with Gasteiger partial charge in [0.25, 0.3) is 0 Å². The maximum Gasteiger partial charge on any atom is 0.211 e. The third-order valence-electron chi connectivity index (χ3n) is 12.2. The molecule has 0 saturated heterocycles. The zero-order chi connectivity index (χ0) is 50.3. The number of hydrogen-bond acceptors (Lipinski definition) is 10. The summed E-state index contributed by atoms with van der Waals surface area (Å²) in [5.41, 5.74) is 15.4. The number of phenols is 2. The maximum atomic E-state index is 11.3. The Morgan fingerprint density at radius 3 is 1.28 bits per heavy atom. The highest BCUT2D eigenvalue weighted by Crippen LogP contribution is 2.31. The molecule has 0 aliphatic carbocycles. The topological polar surface area (TPSA) is 161 Å². The van der Waals surface area contributed by atoms with Crippen LogP contribution in [0.1, 0.15) is 56.7 Å². The van der Waals surface area contributed by atoms with E-state index in [0.717, 1.165) is 65.9 Å². The Morgan fingerprint density at radius 1 is 0.472 bits per heavy atom. The number of ether oxygens (including phenoxy) is 2. The Hall–Kier alpha value is -7.93. The van der Waals surface area contributed by atoms with Crippen LogP contribution in [0.2, 0.25) is 0 Å². The van der Waals surface area contributed by atoms with Crippen LogP contribution in [0.4, 0.5) is 11.4 Å². The standard InChI is InChI=1S/C31H32N2O4.C30H32N2O3/c34-23-32-29-19-27(13-16-31(29)37-22-26-9-5-2-6-10-26)30(36)21-33(20-25-7-3-1-4-8-25)18-17-24-11-14-28(35)15-12-24;31-28-19-26(13-16-30(28)35-22-25-9-5-2-6-10-25)29(34)21-32(20-24-7-3-1-4-8-24)18-17-23-11-14-27(33)15-12-23/h1-16,19,23,30,35-36H,17-18,20-22H2,(H,32,34);1-16,19,29,33-34H,17-18,20-22,31H2. The van der Waals surface area contributed by atoms with Crippen molar-refractivity contribution >= 4 is 17.8 Å². The predicted octanol–water partition coefficient (Wildman–Crippen LogP) is 10.6. The van der Waals surface area contributed by atoms with Crippen molar-refractivity contribution in [2.45, 2.75) is 51.4 Å². The van der Waals surface area contributed by atoms with Crippen LogP contribution in [0.25, 0.3) is 0 Å². The highest BCUT2D eigenvalue weighted by Gasteiger charge is 2.18. The zero-order valence-electron chi connectivity index (χ0n) is 40.4. The summed E-state index contributed by atoms with van der Waals surface area (Å²) in [4.78, 5) is 15.7. The Kier molecular flexibility index (Phi) is 19.8. The van der Waals surface area contributed by atoms with E-state index in [1.165, 1.54) is 5.56 Å². The molecule has 11 nitrogen and oxygen atoms in total. The third kappa shape index (κ3) is 16.9. The molecule has 2 atom stereocenters. The van der Waals surface area contributed by atoms with E-state index in [0.29, 0.717) is 67.7 Å². The monoisotopic (exact) mass is 964 g/mol. The van der Waals surface area contributed by atoms with Crippen LogP contribution in [0, 0.1) is 0 Å². The van der Waals surface area contributed by atoms with E-state index >= 15 is 0 Å². The number of nitrogens with one attached hydrogen (secondary N) is 1. The first-order valence-electron chi connectivity index (χ1n) is 24.2. The van der Waals surface area contributed by atoms with E-state index < -0.39 is 12.2 Å². The number of benzene rings is 8. The highest BCUT2D eigenvalue weighted by atomic mass is 16.5. The molecule has 72 heavy (non-hydrogen) atoms. The average molecular weight is 965 g/mol. The van der Waals surface area contributed by atoms with Crippen molar-refractivity contribution in [2.24, 2.45) is 0 Å². The van der Waals surface area contributed by atoms with Crippen LogP contribution in [0.5, 0.6) is 23.0 Å². The number of phenolic OH excluding ortho intramolecular Hbond substituents is 2. The molecule has 0 spiro atoms. The molecular formula is C61H64N4O7. The number of aliphatic hydroxyl groups excluding tert-OH is 2. The second-order valence-electron chi connectivity index (χ2n) is 17.7. The summed E-state index contributed by atoms with van der Waals surface area (Å²) < 4.78 is 11.8. The van der Waals surface area contributed by atoms with Crippen LogP contribution in [-0.4, -0.2) is 62.8 Å². The Bertz CT molecular complexity index is 2820. The summed E-state index contributed by atoms with van der Waals surface area (Å²) in [5.74, 6) is 1.66. The summed E-state index contributed by atoms with van der Waals surface area (Å²) in [6.45, 7) is 4.61. The van der Waals surface area contributed by atoms with Crippen molar-refractivity contribution in [3.05, 3.63) is 251 Å². The lowest BCUT2D eigenvalue weighted by atomic mass is 10.1. The predicted molar refractivity (Wildman–Crippen MR) is 286 cm³/mol. The van der Waals surface area contributed by atoms with E-state index in [-0.39, 0.29) is 11.5 Å². The number of aliphatic hydroxyl groups is 2. The van der Waals surface area contributed by atoms with Gasteiger partial charge in [-0.15, -0.1) is 0 Å². The van der Waals surface area contributed by atoms with Crippen molar-refractivity contribution in [3.63, 3.8) is 0 Å². The normalized spacial score (nSPS) is 11.8. The van der Waals surface area contributed by atoms with E-state index in [4.69, 9.17) is 15.2 Å². The van der Waals surface area contributed by atoms with Crippen molar-refractivity contribution in [1.29, 1.82) is 0 Å². The van der Waals surface area contributed by atoms with Gasteiger partial charge in [0, 0.05) is 39.3 Å². The number of anilines is 2. The number of nitrogens with zero attached hydrogens (tertiary/aromatic N) is 2. The van der Waals surface area contributed by atoms with Crippen LogP contribution < -0.4 is 20.5 Å². The smallest absolute Gasteiger partial charge is 0.211 e. The van der Waals surface area contributed by atoms with Gasteiger partial charge in [0.15, 0.2) is 0 Å². The van der Waals surface area contributed by atoms with Crippen LogP contribution in [0.3, 0.4) is 0 Å². The number of nitrogen functional groups attached to an aromatic ring is 1. The summed E-state index contributed by atoms with van der Waals surface area (Å²) in [6.07, 6.45) is 0.751. The minimum atomic E-state index is -0.765. The highest BCUT2D eigenvalue weighted by molar-refractivity contribution is 5.76. The lowest BCUT2D eigenvalue weighted by molar-refractivity contribution is -0.105. The van der Waals surface area contributed by atoms with Crippen LogP contribution in [0.15, 0.2) is 206 Å². The molecule has 8 rings (SSSR count). The molecule has 370 valence electrons. The molecule has 0 aliphatic heterocycles. The van der Waals surface area contributed by atoms with Gasteiger partial charge in [0.1, 0.15) is 36.2 Å². The molecule has 8 aromatic carbocycles. The Labute approximate surface area is 423 Å². The molecule has 0 heterocycles. The molecule has 8 aromatic rings. The van der Waals surface area contributed by atoms with Crippen LogP contribution in [-0.2, 0) is 43.9 Å². The maximum absolute atomic E-state index is 11.3. The Morgan fingerprint density at radius 2 is 0.861 bits per heavy atom. The minimum absolute atomic E-state index is 0.247. The number of nitrogens with two attached hydrogens (primary N) is 1.